The molecule has 0 radical (unpaired) electrons. The molecule has 1 fully saturated rings. The van der Waals surface area contributed by atoms with Crippen LogP contribution in [0.15, 0.2) is 24.8 Å². The molecule has 1 N–H and O–H groups in total. The fourth-order valence-corrected chi connectivity index (χ4v) is 6.53. The lowest BCUT2D eigenvalue weighted by atomic mass is 9.85. The van der Waals surface area contributed by atoms with Gasteiger partial charge >= 0.3 is 0 Å². The molecule has 1 aliphatic carbocycles. The molecule has 37 heavy (non-hydrogen) atoms. The second-order valence-corrected chi connectivity index (χ2v) is 11.8. The van der Waals surface area contributed by atoms with Crippen molar-refractivity contribution in [3.8, 4) is 22.0 Å². The van der Waals surface area contributed by atoms with Gasteiger partial charge in [0.2, 0.25) is 5.91 Å². The highest BCUT2D eigenvalue weighted by atomic mass is 32.1. The number of pyridine rings is 1. The van der Waals surface area contributed by atoms with Crippen LogP contribution in [0.5, 0.6) is 0 Å². The molecule has 0 aromatic carbocycles. The molecule has 4 aromatic heterocycles. The summed E-state index contributed by atoms with van der Waals surface area (Å²) in [6, 6.07) is 2.46. The Balaban J connectivity index is 1.35. The van der Waals surface area contributed by atoms with E-state index in [0.29, 0.717) is 18.5 Å². The summed E-state index contributed by atoms with van der Waals surface area (Å²) in [4.78, 5) is 26.8. The lowest BCUT2D eigenvalue weighted by molar-refractivity contribution is -0.133. The third-order valence-electron chi connectivity index (χ3n) is 7.45. The van der Waals surface area contributed by atoms with Crippen molar-refractivity contribution < 1.29 is 4.79 Å². The third kappa shape index (κ3) is 5.04. The number of aryl methyl sites for hydroxylation is 1. The van der Waals surface area contributed by atoms with E-state index in [1.807, 2.05) is 47.9 Å². The molecule has 196 valence electrons. The average molecular weight is 521 g/mol. The Bertz CT molecular complexity index is 1390. The van der Waals surface area contributed by atoms with E-state index in [9.17, 15) is 4.79 Å². The maximum absolute atomic E-state index is 12.5. The van der Waals surface area contributed by atoms with Gasteiger partial charge in [-0.1, -0.05) is 13.8 Å². The number of aromatic nitrogens is 6. The monoisotopic (exact) mass is 520 g/mol. The van der Waals surface area contributed by atoms with Crippen molar-refractivity contribution in [2.45, 2.75) is 64.3 Å². The summed E-state index contributed by atoms with van der Waals surface area (Å²) in [5, 5.41) is 13.3. The van der Waals surface area contributed by atoms with E-state index in [2.05, 4.69) is 42.0 Å². The SMILES string of the molecule is Cc1cc(-c2[nH]nc(-c3ncc(C4CCC(N(C)C(=O)CN(C)C)CC4)s3)c2C(C)C)cn2ncnc12. The second kappa shape index (κ2) is 10.3. The van der Waals surface area contributed by atoms with Gasteiger partial charge in [0, 0.05) is 41.5 Å². The molecule has 0 saturated heterocycles. The molecule has 4 aromatic rings. The zero-order chi connectivity index (χ0) is 26.3. The number of rotatable bonds is 7. The van der Waals surface area contributed by atoms with Gasteiger partial charge in [-0.05, 0) is 70.2 Å². The van der Waals surface area contributed by atoms with E-state index in [1.165, 1.54) is 10.4 Å². The molecule has 1 aliphatic rings. The Morgan fingerprint density at radius 2 is 1.95 bits per heavy atom. The summed E-state index contributed by atoms with van der Waals surface area (Å²) >= 11 is 1.76. The number of aromatic amines is 1. The van der Waals surface area contributed by atoms with Crippen molar-refractivity contribution in [3.63, 3.8) is 0 Å². The van der Waals surface area contributed by atoms with Gasteiger partial charge in [-0.3, -0.25) is 9.89 Å². The molecule has 4 heterocycles. The van der Waals surface area contributed by atoms with E-state index in [-0.39, 0.29) is 11.8 Å². The topological polar surface area (TPSA) is 95.3 Å². The number of nitrogens with one attached hydrogen (secondary N) is 1. The van der Waals surface area contributed by atoms with Crippen LogP contribution in [0.2, 0.25) is 0 Å². The molecule has 0 spiro atoms. The molecule has 10 heteroatoms. The van der Waals surface area contributed by atoms with Gasteiger partial charge in [0.25, 0.3) is 0 Å². The Kier molecular flexibility index (Phi) is 7.13. The first-order valence-electron chi connectivity index (χ1n) is 13.0. The average Bonchev–Trinajstić information content (AvgIpc) is 3.62. The number of H-pyrrole nitrogens is 1. The van der Waals surface area contributed by atoms with Gasteiger partial charge in [-0.15, -0.1) is 11.3 Å². The Hall–Kier alpha value is -3.11. The summed E-state index contributed by atoms with van der Waals surface area (Å²) in [7, 11) is 5.83. The zero-order valence-electron chi connectivity index (χ0n) is 22.5. The second-order valence-electron chi connectivity index (χ2n) is 10.8. The quantitative estimate of drug-likeness (QED) is 0.379. The van der Waals surface area contributed by atoms with Crippen LogP contribution >= 0.6 is 11.3 Å². The first-order valence-corrected chi connectivity index (χ1v) is 13.8. The van der Waals surface area contributed by atoms with Crippen molar-refractivity contribution in [2.75, 3.05) is 27.7 Å². The first-order chi connectivity index (χ1) is 17.7. The summed E-state index contributed by atoms with van der Waals surface area (Å²) in [5.41, 5.74) is 6.09. The van der Waals surface area contributed by atoms with Crippen molar-refractivity contribution >= 4 is 22.9 Å². The molecule has 0 unspecified atom stereocenters. The van der Waals surface area contributed by atoms with Gasteiger partial charge in [0.05, 0.1) is 12.2 Å². The first kappa shape index (κ1) is 25.5. The highest BCUT2D eigenvalue weighted by Crippen LogP contribution is 2.41. The summed E-state index contributed by atoms with van der Waals surface area (Å²) < 4.78 is 1.82. The van der Waals surface area contributed by atoms with Gasteiger partial charge in [-0.2, -0.15) is 10.2 Å². The molecule has 9 nitrogen and oxygen atoms in total. The molecule has 1 saturated carbocycles. The Labute approximate surface area is 221 Å². The molecule has 1 amide bonds. The number of hydrogen-bond donors (Lipinski definition) is 1. The van der Waals surface area contributed by atoms with Gasteiger partial charge in [0.15, 0.2) is 5.65 Å². The largest absolute Gasteiger partial charge is 0.342 e. The van der Waals surface area contributed by atoms with E-state index >= 15 is 0 Å². The molecule has 5 rings (SSSR count). The Morgan fingerprint density at radius 1 is 1.19 bits per heavy atom. The predicted octanol–water partition coefficient (Wildman–Crippen LogP) is 4.72. The molecule has 0 bridgehead atoms. The standard InChI is InChI=1S/C27H36N8OS/c1-16(2)23-24(19-11-17(3)26-29-15-30-35(26)13-19)31-32-25(23)27-28-12-21(37-27)18-7-9-20(10-8-18)34(6)22(36)14-33(4)5/h11-13,15-16,18,20H,7-10,14H2,1-6H3,(H,31,32). The summed E-state index contributed by atoms with van der Waals surface area (Å²) in [5.74, 6) is 0.953. The van der Waals surface area contributed by atoms with Crippen LogP contribution in [0, 0.1) is 6.92 Å². The minimum atomic E-state index is 0.197. The Morgan fingerprint density at radius 3 is 2.65 bits per heavy atom. The minimum Gasteiger partial charge on any atom is -0.342 e. The number of nitrogens with zero attached hydrogens (tertiary/aromatic N) is 7. The van der Waals surface area contributed by atoms with Crippen LogP contribution in [0.4, 0.5) is 0 Å². The predicted molar refractivity (Wildman–Crippen MR) is 147 cm³/mol. The number of carbonyl (C=O) groups is 1. The fourth-order valence-electron chi connectivity index (χ4n) is 5.44. The van der Waals surface area contributed by atoms with Crippen LogP contribution in [0.1, 0.15) is 67.4 Å². The van der Waals surface area contributed by atoms with Crippen molar-refractivity contribution in [1.29, 1.82) is 0 Å². The van der Waals surface area contributed by atoms with E-state index < -0.39 is 0 Å². The maximum atomic E-state index is 12.5. The number of amides is 1. The summed E-state index contributed by atoms with van der Waals surface area (Å²) in [6.45, 7) is 6.91. The van der Waals surface area contributed by atoms with Gasteiger partial charge < -0.3 is 9.80 Å². The van der Waals surface area contributed by atoms with Crippen molar-refractivity contribution in [3.05, 3.63) is 40.8 Å². The lowest BCUT2D eigenvalue weighted by Crippen LogP contribution is -2.43. The molecule has 0 aliphatic heterocycles. The number of likely N-dealkylation sites (N-methyl/N-ethyl adjacent to an activating group) is 2. The van der Waals surface area contributed by atoms with Crippen molar-refractivity contribution in [1.82, 2.24) is 39.6 Å². The van der Waals surface area contributed by atoms with Crippen LogP contribution in [0.3, 0.4) is 0 Å². The van der Waals surface area contributed by atoms with Gasteiger partial charge in [0.1, 0.15) is 17.0 Å². The van der Waals surface area contributed by atoms with Crippen LogP contribution < -0.4 is 0 Å². The van der Waals surface area contributed by atoms with Crippen LogP contribution in [-0.4, -0.2) is 79.2 Å². The number of carbonyl (C=O) groups excluding carboxylic acids is 1. The third-order valence-corrected chi connectivity index (χ3v) is 8.61. The van der Waals surface area contributed by atoms with Crippen molar-refractivity contribution in [2.24, 2.45) is 0 Å². The smallest absolute Gasteiger partial charge is 0.236 e. The van der Waals surface area contributed by atoms with Gasteiger partial charge in [-0.25, -0.2) is 14.5 Å². The summed E-state index contributed by atoms with van der Waals surface area (Å²) in [6.07, 6.45) is 9.83. The lowest BCUT2D eigenvalue weighted by Gasteiger charge is -2.34. The van der Waals surface area contributed by atoms with E-state index in [1.54, 1.807) is 17.7 Å². The zero-order valence-corrected chi connectivity index (χ0v) is 23.3. The number of fused-ring (bicyclic) bond motifs is 1. The maximum Gasteiger partial charge on any atom is 0.236 e. The highest BCUT2D eigenvalue weighted by Gasteiger charge is 2.29. The molecular formula is C27H36N8OS. The number of thiazole rings is 1. The molecule has 0 atom stereocenters. The normalized spacial score (nSPS) is 18.3. The van der Waals surface area contributed by atoms with E-state index in [4.69, 9.17) is 10.1 Å². The molecular weight excluding hydrogens is 484 g/mol. The van der Waals surface area contributed by atoms with Crippen LogP contribution in [0.25, 0.3) is 27.6 Å². The fraction of sp³-hybridized carbons (Fsp3) is 0.519. The van der Waals surface area contributed by atoms with Crippen LogP contribution in [-0.2, 0) is 4.79 Å². The highest BCUT2D eigenvalue weighted by molar-refractivity contribution is 7.15. The minimum absolute atomic E-state index is 0.197. The number of hydrogen-bond acceptors (Lipinski definition) is 7. The van der Waals surface area contributed by atoms with E-state index in [0.717, 1.165) is 58.9 Å².